The Kier molecular flexibility index (Phi) is 6.26. The third-order valence-electron chi connectivity index (χ3n) is 7.65. The molecule has 0 saturated carbocycles. The van der Waals surface area contributed by atoms with Crippen molar-refractivity contribution >= 4 is 27.6 Å². The molecule has 0 radical (unpaired) electrons. The van der Waals surface area contributed by atoms with Crippen LogP contribution in [-0.4, -0.2) is 38.2 Å². The average molecular weight is 514 g/mol. The Labute approximate surface area is 227 Å². The van der Waals surface area contributed by atoms with Crippen molar-refractivity contribution in [2.45, 2.75) is 32.4 Å². The standard InChI is InChI=1S/C32H31N7/c1-3-7-22(8-4-1)18-33-19-23-15-25(21-34-20-23)24-9-10-28-26(16-24)31(38-37-28)29-17-27-30(11-12-35-32(27)36-29)39-13-5-2-6-14-39/h1,3-4,7-12,15-17,20-21,33H,2,5-6,13-14,18-19H2,(H,35,36)(H,37,38). The van der Waals surface area contributed by atoms with Gasteiger partial charge in [-0.2, -0.15) is 5.10 Å². The first-order valence-corrected chi connectivity index (χ1v) is 13.7. The van der Waals surface area contributed by atoms with E-state index in [0.717, 1.165) is 76.2 Å². The summed E-state index contributed by atoms with van der Waals surface area (Å²) in [4.78, 5) is 15.2. The Hall–Kier alpha value is -4.49. The van der Waals surface area contributed by atoms with Crippen LogP contribution in [0.2, 0.25) is 0 Å². The third kappa shape index (κ3) is 4.77. The van der Waals surface area contributed by atoms with E-state index in [0.29, 0.717) is 0 Å². The first-order valence-electron chi connectivity index (χ1n) is 13.7. The summed E-state index contributed by atoms with van der Waals surface area (Å²) in [5.74, 6) is 0. The van der Waals surface area contributed by atoms with E-state index in [1.165, 1.54) is 30.5 Å². The molecule has 1 aliphatic heterocycles. The molecule has 7 nitrogen and oxygen atoms in total. The van der Waals surface area contributed by atoms with Gasteiger partial charge >= 0.3 is 0 Å². The number of benzene rings is 2. The van der Waals surface area contributed by atoms with E-state index >= 15 is 0 Å². The molecular weight excluding hydrogens is 482 g/mol. The van der Waals surface area contributed by atoms with Crippen molar-refractivity contribution in [1.29, 1.82) is 0 Å². The SMILES string of the molecule is c1ccc(CNCc2cncc(-c3ccc4[nH]nc(-c5cc6c(N7CCCCC7)ccnc6[nH]5)c4c3)c2)cc1. The number of nitrogens with zero attached hydrogens (tertiary/aromatic N) is 4. The molecule has 1 fully saturated rings. The van der Waals surface area contributed by atoms with Gasteiger partial charge in [0.2, 0.25) is 0 Å². The number of pyridine rings is 2. The van der Waals surface area contributed by atoms with E-state index in [4.69, 9.17) is 5.10 Å². The summed E-state index contributed by atoms with van der Waals surface area (Å²) in [6, 6.07) is 23.4. The third-order valence-corrected chi connectivity index (χ3v) is 7.65. The second kappa shape index (κ2) is 10.3. The Balaban J connectivity index is 1.18. The summed E-state index contributed by atoms with van der Waals surface area (Å²) in [7, 11) is 0. The molecule has 0 atom stereocenters. The monoisotopic (exact) mass is 513 g/mol. The van der Waals surface area contributed by atoms with E-state index < -0.39 is 0 Å². The molecule has 7 heteroatoms. The van der Waals surface area contributed by atoms with Crippen molar-refractivity contribution in [1.82, 2.24) is 30.5 Å². The van der Waals surface area contributed by atoms with Crippen molar-refractivity contribution in [3.8, 4) is 22.5 Å². The lowest BCUT2D eigenvalue weighted by Gasteiger charge is -2.29. The van der Waals surface area contributed by atoms with Crippen molar-refractivity contribution in [2.75, 3.05) is 18.0 Å². The van der Waals surface area contributed by atoms with Crippen molar-refractivity contribution in [3.63, 3.8) is 0 Å². The number of rotatable bonds is 7. The van der Waals surface area contributed by atoms with Crippen molar-refractivity contribution < 1.29 is 0 Å². The van der Waals surface area contributed by atoms with Gasteiger partial charge in [0, 0.05) is 66.8 Å². The zero-order chi connectivity index (χ0) is 26.0. The fourth-order valence-electron chi connectivity index (χ4n) is 5.64. The quantitative estimate of drug-likeness (QED) is 0.228. The minimum atomic E-state index is 0.760. The number of aromatic amines is 2. The fourth-order valence-corrected chi connectivity index (χ4v) is 5.64. The van der Waals surface area contributed by atoms with E-state index in [2.05, 4.69) is 90.9 Å². The van der Waals surface area contributed by atoms with Crippen LogP contribution < -0.4 is 10.2 Å². The van der Waals surface area contributed by atoms with Crippen LogP contribution in [0.4, 0.5) is 5.69 Å². The van der Waals surface area contributed by atoms with Gasteiger partial charge in [-0.1, -0.05) is 36.4 Å². The van der Waals surface area contributed by atoms with Gasteiger partial charge in [0.15, 0.2) is 0 Å². The number of H-pyrrole nitrogens is 2. The lowest BCUT2D eigenvalue weighted by atomic mass is 10.0. The van der Waals surface area contributed by atoms with Gasteiger partial charge in [-0.3, -0.25) is 10.1 Å². The Morgan fingerprint density at radius 3 is 2.56 bits per heavy atom. The van der Waals surface area contributed by atoms with E-state index in [-0.39, 0.29) is 0 Å². The number of anilines is 1. The number of piperidine rings is 1. The van der Waals surface area contributed by atoms with Crippen LogP contribution in [-0.2, 0) is 13.1 Å². The first-order chi connectivity index (χ1) is 19.3. The molecule has 0 amide bonds. The summed E-state index contributed by atoms with van der Waals surface area (Å²) in [6.45, 7) is 3.79. The fraction of sp³-hybridized carbons (Fsp3) is 0.219. The number of aromatic nitrogens is 5. The topological polar surface area (TPSA) is 85.5 Å². The van der Waals surface area contributed by atoms with Gasteiger partial charge in [-0.15, -0.1) is 0 Å². The second-order valence-electron chi connectivity index (χ2n) is 10.3. The molecule has 7 rings (SSSR count). The molecule has 6 aromatic rings. The van der Waals surface area contributed by atoms with Gasteiger partial charge in [0.1, 0.15) is 11.3 Å². The highest BCUT2D eigenvalue weighted by Gasteiger charge is 2.18. The zero-order valence-corrected chi connectivity index (χ0v) is 21.8. The molecule has 5 heterocycles. The molecule has 1 saturated heterocycles. The van der Waals surface area contributed by atoms with Crippen molar-refractivity contribution in [2.24, 2.45) is 0 Å². The van der Waals surface area contributed by atoms with Gasteiger partial charge in [-0.05, 0) is 66.3 Å². The lowest BCUT2D eigenvalue weighted by Crippen LogP contribution is -2.29. The molecule has 2 aromatic carbocycles. The second-order valence-corrected chi connectivity index (χ2v) is 10.3. The normalized spacial score (nSPS) is 13.9. The zero-order valence-electron chi connectivity index (χ0n) is 21.8. The smallest absolute Gasteiger partial charge is 0.139 e. The van der Waals surface area contributed by atoms with Gasteiger partial charge in [-0.25, -0.2) is 4.98 Å². The van der Waals surface area contributed by atoms with Crippen LogP contribution in [0.25, 0.3) is 44.5 Å². The largest absolute Gasteiger partial charge is 0.371 e. The average Bonchev–Trinajstić information content (AvgIpc) is 3.62. The number of fused-ring (bicyclic) bond motifs is 2. The van der Waals surface area contributed by atoms with E-state index in [1.807, 2.05) is 24.7 Å². The highest BCUT2D eigenvalue weighted by molar-refractivity contribution is 5.99. The van der Waals surface area contributed by atoms with Gasteiger partial charge in [0.25, 0.3) is 0 Å². The maximum Gasteiger partial charge on any atom is 0.139 e. The maximum absolute atomic E-state index is 4.70. The lowest BCUT2D eigenvalue weighted by molar-refractivity contribution is 0.579. The number of hydrogen-bond donors (Lipinski definition) is 3. The number of hydrogen-bond acceptors (Lipinski definition) is 5. The number of nitrogens with one attached hydrogen (secondary N) is 3. The molecule has 4 aromatic heterocycles. The highest BCUT2D eigenvalue weighted by Crippen LogP contribution is 2.35. The van der Waals surface area contributed by atoms with Crippen LogP contribution in [0.5, 0.6) is 0 Å². The molecule has 0 unspecified atom stereocenters. The molecule has 3 N–H and O–H groups in total. The summed E-state index contributed by atoms with van der Waals surface area (Å²) in [5, 5.41) is 13.7. The van der Waals surface area contributed by atoms with E-state index in [1.54, 1.807) is 0 Å². The van der Waals surface area contributed by atoms with Crippen LogP contribution in [0, 0.1) is 0 Å². The Morgan fingerprint density at radius 2 is 1.67 bits per heavy atom. The van der Waals surface area contributed by atoms with Crippen LogP contribution in [0.15, 0.2) is 85.3 Å². The van der Waals surface area contributed by atoms with Crippen LogP contribution >= 0.6 is 0 Å². The minimum absolute atomic E-state index is 0.760. The molecule has 1 aliphatic rings. The van der Waals surface area contributed by atoms with Gasteiger partial charge < -0.3 is 15.2 Å². The molecule has 194 valence electrons. The predicted molar refractivity (Wildman–Crippen MR) is 157 cm³/mol. The Bertz CT molecular complexity index is 1730. The van der Waals surface area contributed by atoms with Gasteiger partial charge in [0.05, 0.1) is 11.2 Å². The van der Waals surface area contributed by atoms with Crippen molar-refractivity contribution in [3.05, 3.63) is 96.4 Å². The van der Waals surface area contributed by atoms with E-state index in [9.17, 15) is 0 Å². The molecule has 0 spiro atoms. The first kappa shape index (κ1) is 23.6. The highest BCUT2D eigenvalue weighted by atomic mass is 15.1. The maximum atomic E-state index is 4.70. The molecule has 0 aliphatic carbocycles. The molecule has 39 heavy (non-hydrogen) atoms. The predicted octanol–water partition coefficient (Wildman–Crippen LogP) is 6.45. The molecular formula is C32H31N7. The summed E-state index contributed by atoms with van der Waals surface area (Å²) in [5.41, 5.74) is 9.68. The summed E-state index contributed by atoms with van der Waals surface area (Å²) in [6.07, 6.45) is 9.56. The Morgan fingerprint density at radius 1 is 0.795 bits per heavy atom. The van der Waals surface area contributed by atoms with Crippen LogP contribution in [0.3, 0.4) is 0 Å². The summed E-state index contributed by atoms with van der Waals surface area (Å²) < 4.78 is 0. The molecule has 0 bridgehead atoms. The minimum Gasteiger partial charge on any atom is -0.371 e. The summed E-state index contributed by atoms with van der Waals surface area (Å²) >= 11 is 0. The van der Waals surface area contributed by atoms with Crippen LogP contribution in [0.1, 0.15) is 30.4 Å².